The summed E-state index contributed by atoms with van der Waals surface area (Å²) < 4.78 is 25.8. The Morgan fingerprint density at radius 1 is 1.30 bits per heavy atom. The molecule has 2 N–H and O–H groups in total. The van der Waals surface area contributed by atoms with Crippen molar-refractivity contribution >= 4 is 0 Å². The van der Waals surface area contributed by atoms with Crippen molar-refractivity contribution < 1.29 is 8.78 Å². The highest BCUT2D eigenvalue weighted by atomic mass is 19.3. The Labute approximate surface area is 120 Å². The van der Waals surface area contributed by atoms with Gasteiger partial charge in [-0.3, -0.25) is 4.90 Å². The molecule has 0 radical (unpaired) electrons. The average molecular weight is 282 g/mol. The number of likely N-dealkylation sites (tertiary alicyclic amines) is 1. The number of halogens is 2. The van der Waals surface area contributed by atoms with Crippen LogP contribution in [0, 0.1) is 0 Å². The van der Waals surface area contributed by atoms with Crippen LogP contribution in [0.1, 0.15) is 57.2 Å². The molecule has 0 aromatic heterocycles. The maximum atomic E-state index is 12.9. The first-order chi connectivity index (χ1) is 9.30. The van der Waals surface area contributed by atoms with Crippen LogP contribution in [0.15, 0.2) is 24.3 Å². The summed E-state index contributed by atoms with van der Waals surface area (Å²) >= 11 is 0. The number of nitrogens with zero attached hydrogens (tertiary/aromatic N) is 1. The molecule has 1 aromatic carbocycles. The molecule has 1 saturated heterocycles. The highest BCUT2D eigenvalue weighted by Gasteiger charge is 2.36. The monoisotopic (exact) mass is 282 g/mol. The Hall–Kier alpha value is -1.00. The van der Waals surface area contributed by atoms with Gasteiger partial charge in [-0.1, -0.05) is 18.2 Å². The van der Waals surface area contributed by atoms with Gasteiger partial charge in [-0.25, -0.2) is 8.78 Å². The molecule has 2 rings (SSSR count). The maximum Gasteiger partial charge on any atom is 0.263 e. The molecule has 1 aliphatic rings. The van der Waals surface area contributed by atoms with Crippen LogP contribution in [0.3, 0.4) is 0 Å². The van der Waals surface area contributed by atoms with E-state index in [4.69, 9.17) is 5.73 Å². The van der Waals surface area contributed by atoms with Gasteiger partial charge in [-0.2, -0.15) is 0 Å². The topological polar surface area (TPSA) is 29.3 Å². The second kappa shape index (κ2) is 5.78. The minimum atomic E-state index is -2.43. The number of hydrogen-bond donors (Lipinski definition) is 1. The number of rotatable bonds is 2. The van der Waals surface area contributed by atoms with Crippen molar-refractivity contribution in [2.75, 3.05) is 6.54 Å². The van der Waals surface area contributed by atoms with E-state index >= 15 is 0 Å². The lowest BCUT2D eigenvalue weighted by Crippen LogP contribution is -2.53. The fourth-order valence-corrected chi connectivity index (χ4v) is 3.08. The van der Waals surface area contributed by atoms with Crippen molar-refractivity contribution in [3.8, 4) is 0 Å². The van der Waals surface area contributed by atoms with Gasteiger partial charge >= 0.3 is 0 Å². The highest BCUT2D eigenvalue weighted by Crippen LogP contribution is 2.36. The van der Waals surface area contributed by atoms with Gasteiger partial charge in [0.05, 0.1) is 6.04 Å². The lowest BCUT2D eigenvalue weighted by atomic mass is 9.86. The van der Waals surface area contributed by atoms with Crippen LogP contribution < -0.4 is 5.73 Å². The number of hydrogen-bond acceptors (Lipinski definition) is 2. The van der Waals surface area contributed by atoms with Crippen LogP contribution >= 0.6 is 0 Å². The number of nitrogens with two attached hydrogens (primary N) is 1. The van der Waals surface area contributed by atoms with E-state index in [-0.39, 0.29) is 23.2 Å². The molecule has 1 heterocycles. The first-order valence-corrected chi connectivity index (χ1v) is 7.21. The molecule has 20 heavy (non-hydrogen) atoms. The summed E-state index contributed by atoms with van der Waals surface area (Å²) in [5.41, 5.74) is 7.26. The van der Waals surface area contributed by atoms with Crippen LogP contribution in [-0.4, -0.2) is 23.0 Å². The minimum Gasteiger partial charge on any atom is -0.326 e. The van der Waals surface area contributed by atoms with Gasteiger partial charge in [-0.15, -0.1) is 0 Å². The molecule has 1 fully saturated rings. The lowest BCUT2D eigenvalue weighted by molar-refractivity contribution is 0.0382. The molecule has 112 valence electrons. The summed E-state index contributed by atoms with van der Waals surface area (Å²) in [6, 6.07) is 6.72. The molecular formula is C16H24F2N2. The summed E-state index contributed by atoms with van der Waals surface area (Å²) in [4.78, 5) is 2.34. The van der Waals surface area contributed by atoms with Crippen molar-refractivity contribution in [2.45, 2.75) is 57.7 Å². The number of piperidine rings is 1. The normalized spacial score (nSPS) is 25.1. The summed E-state index contributed by atoms with van der Waals surface area (Å²) in [6.07, 6.45) is -0.433. The van der Waals surface area contributed by atoms with E-state index in [1.807, 2.05) is 6.07 Å². The van der Waals surface area contributed by atoms with Crippen LogP contribution in [-0.2, 0) is 0 Å². The lowest BCUT2D eigenvalue weighted by Gasteiger charge is -2.47. The van der Waals surface area contributed by atoms with Crippen LogP contribution in [0.2, 0.25) is 0 Å². The Bertz CT molecular complexity index is 454. The molecule has 0 bridgehead atoms. The molecule has 2 unspecified atom stereocenters. The zero-order valence-electron chi connectivity index (χ0n) is 12.4. The molecule has 0 amide bonds. The fraction of sp³-hybridized carbons (Fsp3) is 0.625. The molecule has 4 heteroatoms. The Morgan fingerprint density at radius 2 is 2.00 bits per heavy atom. The van der Waals surface area contributed by atoms with Crippen molar-refractivity contribution in [1.29, 1.82) is 0 Å². The van der Waals surface area contributed by atoms with E-state index in [2.05, 4.69) is 25.7 Å². The molecule has 2 atom stereocenters. The van der Waals surface area contributed by atoms with E-state index in [0.29, 0.717) is 0 Å². The minimum absolute atomic E-state index is 0.00380. The Morgan fingerprint density at radius 3 is 2.60 bits per heavy atom. The third-order valence-electron chi connectivity index (χ3n) is 4.04. The number of benzene rings is 1. The van der Waals surface area contributed by atoms with Gasteiger partial charge in [0.25, 0.3) is 6.43 Å². The molecule has 0 aliphatic carbocycles. The third-order valence-corrected chi connectivity index (χ3v) is 4.04. The van der Waals surface area contributed by atoms with E-state index in [1.165, 1.54) is 6.07 Å². The predicted molar refractivity (Wildman–Crippen MR) is 77.8 cm³/mol. The molecule has 0 spiro atoms. The molecular weight excluding hydrogens is 258 g/mol. The Kier molecular flexibility index (Phi) is 4.45. The zero-order valence-corrected chi connectivity index (χ0v) is 12.4. The summed E-state index contributed by atoms with van der Waals surface area (Å²) in [5, 5.41) is 0. The van der Waals surface area contributed by atoms with Crippen LogP contribution in [0.4, 0.5) is 8.78 Å². The van der Waals surface area contributed by atoms with Crippen molar-refractivity contribution in [2.24, 2.45) is 5.73 Å². The van der Waals surface area contributed by atoms with E-state index in [0.717, 1.165) is 24.9 Å². The largest absolute Gasteiger partial charge is 0.326 e. The predicted octanol–water partition coefficient (Wildman–Crippen LogP) is 3.89. The summed E-state index contributed by atoms with van der Waals surface area (Å²) in [6.45, 7) is 7.40. The summed E-state index contributed by atoms with van der Waals surface area (Å²) in [7, 11) is 0. The average Bonchev–Trinajstić information content (AvgIpc) is 2.37. The van der Waals surface area contributed by atoms with Gasteiger partial charge in [0.1, 0.15) is 0 Å². The van der Waals surface area contributed by atoms with Gasteiger partial charge < -0.3 is 5.73 Å². The smallest absolute Gasteiger partial charge is 0.263 e. The zero-order chi connectivity index (χ0) is 14.9. The van der Waals surface area contributed by atoms with Crippen molar-refractivity contribution in [3.63, 3.8) is 0 Å². The third kappa shape index (κ3) is 3.18. The summed E-state index contributed by atoms with van der Waals surface area (Å²) in [5.74, 6) is 0. The molecule has 2 nitrogen and oxygen atoms in total. The van der Waals surface area contributed by atoms with Crippen LogP contribution in [0.5, 0.6) is 0 Å². The first kappa shape index (κ1) is 15.4. The van der Waals surface area contributed by atoms with Crippen molar-refractivity contribution in [3.05, 3.63) is 35.4 Å². The maximum absolute atomic E-state index is 12.9. The van der Waals surface area contributed by atoms with Crippen LogP contribution in [0.25, 0.3) is 0 Å². The van der Waals surface area contributed by atoms with Gasteiger partial charge in [0, 0.05) is 17.1 Å². The fourth-order valence-electron chi connectivity index (χ4n) is 3.08. The first-order valence-electron chi connectivity index (χ1n) is 7.21. The van der Waals surface area contributed by atoms with E-state index < -0.39 is 6.43 Å². The highest BCUT2D eigenvalue weighted by molar-refractivity contribution is 5.28. The van der Waals surface area contributed by atoms with Crippen molar-refractivity contribution in [1.82, 2.24) is 4.90 Å². The van der Waals surface area contributed by atoms with Gasteiger partial charge in [-0.05, 0) is 51.8 Å². The van der Waals surface area contributed by atoms with Gasteiger partial charge in [0.15, 0.2) is 0 Å². The number of alkyl halides is 2. The van der Waals surface area contributed by atoms with E-state index in [9.17, 15) is 8.78 Å². The quantitative estimate of drug-likeness (QED) is 0.891. The molecule has 0 saturated carbocycles. The standard InChI is InChI=1S/C16H24F2N2/c1-16(2,3)20-9-5-8-13(19)14(20)11-6-4-7-12(10-11)15(17)18/h4,6-7,10,13-15H,5,8-9,19H2,1-3H3. The second-order valence-corrected chi connectivity index (χ2v) is 6.59. The SMILES string of the molecule is CC(C)(C)N1CCCC(N)C1c1cccc(C(F)F)c1. The molecule has 1 aromatic rings. The van der Waals surface area contributed by atoms with E-state index in [1.54, 1.807) is 12.1 Å². The second-order valence-electron chi connectivity index (χ2n) is 6.59. The Balaban J connectivity index is 2.37. The molecule has 1 aliphatic heterocycles. The van der Waals surface area contributed by atoms with Gasteiger partial charge in [0.2, 0.25) is 0 Å².